The minimum absolute atomic E-state index is 0.351. The van der Waals surface area contributed by atoms with Crippen molar-refractivity contribution in [1.29, 1.82) is 0 Å². The molecule has 2 aromatic rings. The van der Waals surface area contributed by atoms with Crippen LogP contribution in [0.4, 0.5) is 0 Å². The van der Waals surface area contributed by atoms with Crippen molar-refractivity contribution >= 4 is 12.0 Å². The zero-order valence-electron chi connectivity index (χ0n) is 16.1. The molecule has 0 unspecified atom stereocenters. The SMILES string of the molecule is COc1cc(C=C(CCN)C(=O)OC(C)(C)C)ccc1-n1cnc(C)c1. The van der Waals surface area contributed by atoms with Crippen molar-refractivity contribution in [1.82, 2.24) is 9.55 Å². The molecule has 0 bridgehead atoms. The summed E-state index contributed by atoms with van der Waals surface area (Å²) in [5.41, 5.74) is 8.29. The van der Waals surface area contributed by atoms with Crippen molar-refractivity contribution in [2.24, 2.45) is 5.73 Å². The molecular formula is C20H27N3O3. The Hall–Kier alpha value is -2.60. The van der Waals surface area contributed by atoms with Crippen LogP contribution in [0.2, 0.25) is 0 Å². The molecule has 0 radical (unpaired) electrons. The molecule has 1 heterocycles. The van der Waals surface area contributed by atoms with Gasteiger partial charge < -0.3 is 19.8 Å². The minimum Gasteiger partial charge on any atom is -0.495 e. The summed E-state index contributed by atoms with van der Waals surface area (Å²) in [6, 6.07) is 5.74. The van der Waals surface area contributed by atoms with Crippen molar-refractivity contribution in [3.8, 4) is 11.4 Å². The zero-order valence-corrected chi connectivity index (χ0v) is 16.1. The second-order valence-electron chi connectivity index (χ2n) is 7.06. The van der Waals surface area contributed by atoms with Gasteiger partial charge in [0.1, 0.15) is 11.4 Å². The first-order chi connectivity index (χ1) is 12.2. The second kappa shape index (κ2) is 8.19. The Labute approximate surface area is 154 Å². The number of hydrogen-bond acceptors (Lipinski definition) is 5. The van der Waals surface area contributed by atoms with Gasteiger partial charge in [-0.3, -0.25) is 0 Å². The van der Waals surface area contributed by atoms with Gasteiger partial charge in [-0.25, -0.2) is 9.78 Å². The van der Waals surface area contributed by atoms with Crippen molar-refractivity contribution in [2.45, 2.75) is 39.7 Å². The standard InChI is InChI=1S/C20H27N3O3/c1-14-12-23(13-22-14)17-7-6-15(11-18(17)25-5)10-16(8-9-21)19(24)26-20(2,3)4/h6-7,10-13H,8-9,21H2,1-5H3. The fourth-order valence-electron chi connectivity index (χ4n) is 2.48. The summed E-state index contributed by atoms with van der Waals surface area (Å²) in [6.07, 6.45) is 5.91. The molecule has 0 aliphatic heterocycles. The molecule has 1 aromatic heterocycles. The summed E-state index contributed by atoms with van der Waals surface area (Å²) < 4.78 is 12.9. The van der Waals surface area contributed by atoms with Crippen LogP contribution in [-0.4, -0.2) is 34.8 Å². The topological polar surface area (TPSA) is 79.4 Å². The van der Waals surface area contributed by atoms with E-state index in [0.717, 1.165) is 16.9 Å². The Morgan fingerprint density at radius 2 is 2.08 bits per heavy atom. The van der Waals surface area contributed by atoms with Gasteiger partial charge in [-0.2, -0.15) is 0 Å². The fourth-order valence-corrected chi connectivity index (χ4v) is 2.48. The molecule has 2 N–H and O–H groups in total. The molecule has 0 saturated heterocycles. The molecule has 0 amide bonds. The second-order valence-corrected chi connectivity index (χ2v) is 7.06. The Bertz CT molecular complexity index is 801. The van der Waals surface area contributed by atoms with Gasteiger partial charge in [0.15, 0.2) is 0 Å². The van der Waals surface area contributed by atoms with Gasteiger partial charge in [0.05, 0.1) is 24.8 Å². The van der Waals surface area contributed by atoms with E-state index in [1.54, 1.807) is 19.5 Å². The van der Waals surface area contributed by atoms with Gasteiger partial charge in [0.25, 0.3) is 0 Å². The van der Waals surface area contributed by atoms with Crippen LogP contribution in [0.3, 0.4) is 0 Å². The maximum absolute atomic E-state index is 12.4. The van der Waals surface area contributed by atoms with E-state index in [9.17, 15) is 4.79 Å². The maximum atomic E-state index is 12.4. The highest BCUT2D eigenvalue weighted by molar-refractivity contribution is 5.94. The van der Waals surface area contributed by atoms with E-state index in [-0.39, 0.29) is 5.97 Å². The summed E-state index contributed by atoms with van der Waals surface area (Å²) in [6.45, 7) is 7.83. The van der Waals surface area contributed by atoms with Crippen LogP contribution < -0.4 is 10.5 Å². The first kappa shape index (κ1) is 19.7. The van der Waals surface area contributed by atoms with Gasteiger partial charge >= 0.3 is 5.97 Å². The Morgan fingerprint density at radius 3 is 2.62 bits per heavy atom. The first-order valence-electron chi connectivity index (χ1n) is 8.56. The minimum atomic E-state index is -0.550. The molecule has 6 heteroatoms. The molecule has 0 aliphatic rings. The van der Waals surface area contributed by atoms with Crippen LogP contribution in [0.1, 0.15) is 38.4 Å². The van der Waals surface area contributed by atoms with E-state index in [0.29, 0.717) is 24.3 Å². The Morgan fingerprint density at radius 1 is 1.35 bits per heavy atom. The average molecular weight is 357 g/mol. The molecule has 6 nitrogen and oxygen atoms in total. The molecular weight excluding hydrogens is 330 g/mol. The van der Waals surface area contributed by atoms with E-state index >= 15 is 0 Å². The average Bonchev–Trinajstić information content (AvgIpc) is 2.99. The van der Waals surface area contributed by atoms with E-state index < -0.39 is 5.60 Å². The van der Waals surface area contributed by atoms with Crippen LogP contribution in [0.15, 0.2) is 36.3 Å². The zero-order chi connectivity index (χ0) is 19.3. The summed E-state index contributed by atoms with van der Waals surface area (Å²) in [7, 11) is 1.62. The van der Waals surface area contributed by atoms with Crippen molar-refractivity contribution in [2.75, 3.05) is 13.7 Å². The Balaban J connectivity index is 2.36. The molecule has 0 saturated carbocycles. The van der Waals surface area contributed by atoms with Gasteiger partial charge in [0.2, 0.25) is 0 Å². The van der Waals surface area contributed by atoms with Gasteiger partial charge in [-0.1, -0.05) is 6.07 Å². The number of nitrogens with two attached hydrogens (primary N) is 1. The summed E-state index contributed by atoms with van der Waals surface area (Å²) in [5.74, 6) is 0.337. The molecule has 26 heavy (non-hydrogen) atoms. The van der Waals surface area contributed by atoms with Gasteiger partial charge in [-0.05, 0) is 64.4 Å². The molecule has 0 aliphatic carbocycles. The van der Waals surface area contributed by atoms with Crippen molar-refractivity contribution in [3.05, 3.63) is 47.6 Å². The number of rotatable bonds is 6. The van der Waals surface area contributed by atoms with E-state index in [2.05, 4.69) is 4.98 Å². The lowest BCUT2D eigenvalue weighted by Crippen LogP contribution is -2.25. The van der Waals surface area contributed by atoms with Crippen LogP contribution in [0, 0.1) is 6.92 Å². The smallest absolute Gasteiger partial charge is 0.334 e. The number of esters is 1. The number of imidazole rings is 1. The summed E-state index contributed by atoms with van der Waals surface area (Å²) in [5, 5.41) is 0. The number of carbonyl (C=O) groups excluding carboxylic acids is 1. The monoisotopic (exact) mass is 357 g/mol. The van der Waals surface area contributed by atoms with Gasteiger partial charge in [-0.15, -0.1) is 0 Å². The fraction of sp³-hybridized carbons (Fsp3) is 0.400. The highest BCUT2D eigenvalue weighted by Crippen LogP contribution is 2.26. The highest BCUT2D eigenvalue weighted by atomic mass is 16.6. The van der Waals surface area contributed by atoms with Gasteiger partial charge in [0, 0.05) is 11.8 Å². The van der Waals surface area contributed by atoms with Crippen molar-refractivity contribution in [3.63, 3.8) is 0 Å². The molecule has 0 fully saturated rings. The molecule has 1 aromatic carbocycles. The predicted molar refractivity (Wildman–Crippen MR) is 102 cm³/mol. The lowest BCUT2D eigenvalue weighted by molar-refractivity contribution is -0.149. The number of carbonyl (C=O) groups is 1. The molecule has 0 atom stereocenters. The Kier molecular flexibility index (Phi) is 6.21. The number of aromatic nitrogens is 2. The maximum Gasteiger partial charge on any atom is 0.334 e. The van der Waals surface area contributed by atoms with Crippen LogP contribution in [-0.2, 0) is 9.53 Å². The molecule has 140 valence electrons. The number of benzene rings is 1. The summed E-state index contributed by atoms with van der Waals surface area (Å²) >= 11 is 0. The lowest BCUT2D eigenvalue weighted by atomic mass is 10.1. The van der Waals surface area contributed by atoms with Crippen LogP contribution in [0.25, 0.3) is 11.8 Å². The third-order valence-electron chi connectivity index (χ3n) is 3.61. The number of ether oxygens (including phenoxy) is 2. The van der Waals surface area contributed by atoms with E-state index in [4.69, 9.17) is 15.2 Å². The summed E-state index contributed by atoms with van der Waals surface area (Å²) in [4.78, 5) is 16.7. The molecule has 0 spiro atoms. The highest BCUT2D eigenvalue weighted by Gasteiger charge is 2.19. The number of methoxy groups -OCH3 is 1. The number of hydrogen-bond donors (Lipinski definition) is 1. The molecule has 2 rings (SSSR count). The first-order valence-corrected chi connectivity index (χ1v) is 8.56. The normalized spacial score (nSPS) is 12.2. The lowest BCUT2D eigenvalue weighted by Gasteiger charge is -2.20. The predicted octanol–water partition coefficient (Wildman–Crippen LogP) is 3.26. The number of nitrogens with zero attached hydrogens (tertiary/aromatic N) is 2. The third-order valence-corrected chi connectivity index (χ3v) is 3.61. The quantitative estimate of drug-likeness (QED) is 0.634. The van der Waals surface area contributed by atoms with Crippen LogP contribution >= 0.6 is 0 Å². The van der Waals surface area contributed by atoms with E-state index in [1.807, 2.05) is 56.7 Å². The van der Waals surface area contributed by atoms with E-state index in [1.165, 1.54) is 0 Å². The van der Waals surface area contributed by atoms with Crippen molar-refractivity contribution < 1.29 is 14.3 Å². The largest absolute Gasteiger partial charge is 0.495 e. The number of aryl methyl sites for hydroxylation is 1. The third kappa shape index (κ3) is 5.20. The van der Waals surface area contributed by atoms with Crippen LogP contribution in [0.5, 0.6) is 5.75 Å².